The fourth-order valence-electron chi connectivity index (χ4n) is 3.69. The highest BCUT2D eigenvalue weighted by Crippen LogP contribution is 2.24. The first-order valence-electron chi connectivity index (χ1n) is 10.9. The van der Waals surface area contributed by atoms with E-state index in [0.717, 1.165) is 35.1 Å². The molecule has 0 radical (unpaired) electrons. The number of aliphatic carboxylic acids is 1. The molecule has 0 saturated heterocycles. The number of rotatable bonds is 10. The number of aromatic amines is 1. The van der Waals surface area contributed by atoms with Gasteiger partial charge in [-0.15, -0.1) is 5.10 Å². The zero-order valence-corrected chi connectivity index (χ0v) is 18.7. The van der Waals surface area contributed by atoms with Crippen molar-refractivity contribution in [3.63, 3.8) is 0 Å². The Bertz CT molecular complexity index is 1010. The summed E-state index contributed by atoms with van der Waals surface area (Å²) in [5, 5.41) is 23.6. The van der Waals surface area contributed by atoms with Gasteiger partial charge in [-0.1, -0.05) is 75.7 Å². The van der Waals surface area contributed by atoms with Gasteiger partial charge in [0.05, 0.1) is 0 Å². The number of carboxylic acid groups (broad SMARTS) is 1. The van der Waals surface area contributed by atoms with Crippen molar-refractivity contribution in [3.8, 4) is 22.5 Å². The standard InChI is InChI=1S/C24H29N5O3/c1-4-5-6-21(30)29(22(16(2)3)24(31)32)15-17-7-9-18(10-8-17)19-11-13-20(14-12-19)23-25-27-28-26-23/h7-14,16,22H,4-6,15H2,1-3H3,(H,31,32)(H,25,26,27,28)/t22-/m0/s1. The first-order chi connectivity index (χ1) is 15.4. The number of carbonyl (C=O) groups is 2. The number of H-pyrrole nitrogens is 1. The van der Waals surface area contributed by atoms with Gasteiger partial charge in [0, 0.05) is 18.5 Å². The van der Waals surface area contributed by atoms with Crippen molar-refractivity contribution in [1.29, 1.82) is 0 Å². The quantitative estimate of drug-likeness (QED) is 0.494. The van der Waals surface area contributed by atoms with E-state index >= 15 is 0 Å². The number of aromatic nitrogens is 4. The number of hydrogen-bond acceptors (Lipinski definition) is 5. The number of nitrogens with zero attached hydrogens (tertiary/aromatic N) is 4. The second-order valence-corrected chi connectivity index (χ2v) is 8.18. The first-order valence-corrected chi connectivity index (χ1v) is 10.9. The molecule has 0 spiro atoms. The number of carboxylic acids is 1. The van der Waals surface area contributed by atoms with Gasteiger partial charge in [-0.3, -0.25) is 4.79 Å². The number of carbonyl (C=O) groups excluding carboxylic acids is 1. The number of amides is 1. The van der Waals surface area contributed by atoms with Gasteiger partial charge in [0.15, 0.2) is 5.82 Å². The first kappa shape index (κ1) is 23.1. The lowest BCUT2D eigenvalue weighted by atomic mass is 9.99. The lowest BCUT2D eigenvalue weighted by molar-refractivity contribution is -0.153. The second kappa shape index (κ2) is 10.7. The van der Waals surface area contributed by atoms with Crippen molar-refractivity contribution in [2.45, 2.75) is 52.6 Å². The molecular formula is C24H29N5O3. The molecule has 8 nitrogen and oxygen atoms in total. The molecule has 32 heavy (non-hydrogen) atoms. The Morgan fingerprint density at radius 1 is 1.00 bits per heavy atom. The van der Waals surface area contributed by atoms with Gasteiger partial charge >= 0.3 is 5.97 Å². The van der Waals surface area contributed by atoms with Crippen molar-refractivity contribution in [2.24, 2.45) is 5.92 Å². The van der Waals surface area contributed by atoms with Crippen LogP contribution in [0.5, 0.6) is 0 Å². The number of unbranched alkanes of at least 4 members (excludes halogenated alkanes) is 1. The molecule has 1 heterocycles. The minimum absolute atomic E-state index is 0.116. The van der Waals surface area contributed by atoms with Crippen LogP contribution in [0.1, 0.15) is 45.6 Å². The second-order valence-electron chi connectivity index (χ2n) is 8.18. The third-order valence-electron chi connectivity index (χ3n) is 5.43. The van der Waals surface area contributed by atoms with Crippen LogP contribution in [0.25, 0.3) is 22.5 Å². The molecule has 0 aliphatic heterocycles. The van der Waals surface area contributed by atoms with Gasteiger partial charge in [0.25, 0.3) is 0 Å². The Hall–Kier alpha value is -3.55. The molecule has 3 rings (SSSR count). The third kappa shape index (κ3) is 5.57. The molecule has 1 aromatic heterocycles. The minimum atomic E-state index is -0.969. The molecule has 8 heteroatoms. The van der Waals surface area contributed by atoms with Crippen molar-refractivity contribution in [3.05, 3.63) is 54.1 Å². The Morgan fingerprint density at radius 2 is 1.59 bits per heavy atom. The van der Waals surface area contributed by atoms with E-state index in [4.69, 9.17) is 0 Å². The fraction of sp³-hybridized carbons (Fsp3) is 0.375. The van der Waals surface area contributed by atoms with Gasteiger partial charge in [-0.25, -0.2) is 9.89 Å². The maximum absolute atomic E-state index is 12.8. The molecular weight excluding hydrogens is 406 g/mol. The number of tetrazole rings is 1. The summed E-state index contributed by atoms with van der Waals surface area (Å²) >= 11 is 0. The van der Waals surface area contributed by atoms with E-state index in [2.05, 4.69) is 20.6 Å². The molecule has 2 aromatic carbocycles. The highest BCUT2D eigenvalue weighted by atomic mass is 16.4. The minimum Gasteiger partial charge on any atom is -0.480 e. The molecule has 0 aliphatic rings. The van der Waals surface area contributed by atoms with E-state index in [0.29, 0.717) is 12.2 Å². The topological polar surface area (TPSA) is 112 Å². The maximum atomic E-state index is 12.8. The summed E-state index contributed by atoms with van der Waals surface area (Å²) in [6.45, 7) is 5.96. The molecule has 2 N–H and O–H groups in total. The van der Waals surface area contributed by atoms with E-state index < -0.39 is 12.0 Å². The van der Waals surface area contributed by atoms with E-state index in [9.17, 15) is 14.7 Å². The predicted octanol–water partition coefficient (Wildman–Crippen LogP) is 4.16. The van der Waals surface area contributed by atoms with Crippen molar-refractivity contribution >= 4 is 11.9 Å². The molecule has 0 saturated carbocycles. The van der Waals surface area contributed by atoms with E-state index in [1.807, 2.05) is 69.3 Å². The summed E-state index contributed by atoms with van der Waals surface area (Å²) in [5.41, 5.74) is 3.85. The number of hydrogen-bond donors (Lipinski definition) is 2. The highest BCUT2D eigenvalue weighted by molar-refractivity contribution is 5.84. The van der Waals surface area contributed by atoms with Crippen molar-refractivity contribution in [1.82, 2.24) is 25.5 Å². The third-order valence-corrected chi connectivity index (χ3v) is 5.43. The number of nitrogens with one attached hydrogen (secondary N) is 1. The van der Waals surface area contributed by atoms with Crippen LogP contribution in [-0.2, 0) is 16.1 Å². The molecule has 0 bridgehead atoms. The monoisotopic (exact) mass is 435 g/mol. The summed E-state index contributed by atoms with van der Waals surface area (Å²) in [7, 11) is 0. The lowest BCUT2D eigenvalue weighted by Gasteiger charge is -2.32. The van der Waals surface area contributed by atoms with Gasteiger partial charge in [0.2, 0.25) is 5.91 Å². The van der Waals surface area contributed by atoms with Crippen LogP contribution < -0.4 is 0 Å². The van der Waals surface area contributed by atoms with Crippen LogP contribution in [0, 0.1) is 5.92 Å². The van der Waals surface area contributed by atoms with Gasteiger partial charge in [0.1, 0.15) is 6.04 Å². The van der Waals surface area contributed by atoms with Crippen LogP contribution in [0.15, 0.2) is 48.5 Å². The average Bonchev–Trinajstić information content (AvgIpc) is 3.32. The molecule has 0 fully saturated rings. The van der Waals surface area contributed by atoms with Crippen molar-refractivity contribution in [2.75, 3.05) is 0 Å². The number of benzene rings is 2. The predicted molar refractivity (Wildman–Crippen MR) is 121 cm³/mol. The Labute approximate surface area is 187 Å². The lowest BCUT2D eigenvalue weighted by Crippen LogP contribution is -2.47. The Kier molecular flexibility index (Phi) is 7.70. The molecule has 3 aromatic rings. The summed E-state index contributed by atoms with van der Waals surface area (Å²) in [4.78, 5) is 26.2. The zero-order chi connectivity index (χ0) is 23.1. The molecule has 1 amide bonds. The van der Waals surface area contributed by atoms with E-state index in [-0.39, 0.29) is 18.4 Å². The van der Waals surface area contributed by atoms with Gasteiger partial charge in [-0.2, -0.15) is 0 Å². The molecule has 0 unspecified atom stereocenters. The average molecular weight is 436 g/mol. The van der Waals surface area contributed by atoms with Crippen LogP contribution in [-0.4, -0.2) is 48.5 Å². The Balaban J connectivity index is 1.78. The molecule has 1 atom stereocenters. The van der Waals surface area contributed by atoms with Crippen LogP contribution in [0.4, 0.5) is 0 Å². The fourth-order valence-corrected chi connectivity index (χ4v) is 3.69. The molecule has 0 aliphatic carbocycles. The Morgan fingerprint density at radius 3 is 2.09 bits per heavy atom. The van der Waals surface area contributed by atoms with Crippen LogP contribution in [0.2, 0.25) is 0 Å². The maximum Gasteiger partial charge on any atom is 0.326 e. The van der Waals surface area contributed by atoms with Crippen molar-refractivity contribution < 1.29 is 14.7 Å². The summed E-state index contributed by atoms with van der Waals surface area (Å²) in [5.74, 6) is -0.661. The van der Waals surface area contributed by atoms with Gasteiger partial charge in [-0.05, 0) is 39.5 Å². The van der Waals surface area contributed by atoms with Crippen LogP contribution in [0.3, 0.4) is 0 Å². The zero-order valence-electron chi connectivity index (χ0n) is 18.7. The summed E-state index contributed by atoms with van der Waals surface area (Å²) in [6, 6.07) is 14.9. The highest BCUT2D eigenvalue weighted by Gasteiger charge is 2.32. The van der Waals surface area contributed by atoms with Crippen LogP contribution >= 0.6 is 0 Å². The normalized spacial score (nSPS) is 12.0. The summed E-state index contributed by atoms with van der Waals surface area (Å²) in [6.07, 6.45) is 2.00. The largest absolute Gasteiger partial charge is 0.480 e. The SMILES string of the molecule is CCCCC(=O)N(Cc1ccc(-c2ccc(-c3nnn[nH]3)cc2)cc1)[C@H](C(=O)O)C(C)C. The smallest absolute Gasteiger partial charge is 0.326 e. The van der Waals surface area contributed by atoms with E-state index in [1.54, 1.807) is 0 Å². The van der Waals surface area contributed by atoms with Gasteiger partial charge < -0.3 is 10.0 Å². The molecule has 168 valence electrons. The summed E-state index contributed by atoms with van der Waals surface area (Å²) < 4.78 is 0. The van der Waals surface area contributed by atoms with E-state index in [1.165, 1.54) is 4.90 Å².